The number of benzene rings is 2. The van der Waals surface area contributed by atoms with Crippen LogP contribution in [0.25, 0.3) is 22.0 Å². The Labute approximate surface area is 164 Å². The van der Waals surface area contributed by atoms with E-state index >= 15 is 0 Å². The van der Waals surface area contributed by atoms with Crippen molar-refractivity contribution in [3.8, 4) is 11.1 Å². The van der Waals surface area contributed by atoms with Crippen molar-refractivity contribution in [3.63, 3.8) is 0 Å². The number of nitrogens with one attached hydrogen (secondary N) is 1. The van der Waals surface area contributed by atoms with Gasteiger partial charge in [0, 0.05) is 37.5 Å². The second-order valence-corrected chi connectivity index (χ2v) is 7.33. The summed E-state index contributed by atoms with van der Waals surface area (Å²) >= 11 is 0. The molecule has 6 heteroatoms. The number of rotatable bonds is 5. The summed E-state index contributed by atoms with van der Waals surface area (Å²) in [4.78, 5) is 26.3. The lowest BCUT2D eigenvalue weighted by molar-refractivity contribution is -0.127. The zero-order chi connectivity index (χ0) is 19.7. The molecule has 1 fully saturated rings. The van der Waals surface area contributed by atoms with E-state index in [0.717, 1.165) is 35.0 Å². The summed E-state index contributed by atoms with van der Waals surface area (Å²) in [6, 6.07) is 13.7. The van der Waals surface area contributed by atoms with Crippen LogP contribution in [0.5, 0.6) is 0 Å². The van der Waals surface area contributed by atoms with Crippen LogP contribution in [0.1, 0.15) is 30.1 Å². The highest BCUT2D eigenvalue weighted by Gasteiger charge is 2.30. The van der Waals surface area contributed by atoms with Crippen LogP contribution < -0.4 is 5.32 Å². The Bertz CT molecular complexity index is 1020. The number of fused-ring (bicyclic) bond motifs is 1. The molecule has 0 bridgehead atoms. The largest absolute Gasteiger partial charge is 0.347 e. The molecule has 1 aliphatic rings. The van der Waals surface area contributed by atoms with Gasteiger partial charge in [-0.2, -0.15) is 5.10 Å². The van der Waals surface area contributed by atoms with Crippen LogP contribution in [-0.2, 0) is 11.8 Å². The van der Waals surface area contributed by atoms with Gasteiger partial charge in [-0.3, -0.25) is 14.3 Å². The maximum absolute atomic E-state index is 12.5. The number of hydrogen-bond donors (Lipinski definition) is 1. The van der Waals surface area contributed by atoms with E-state index in [0.29, 0.717) is 18.5 Å². The Kier molecular flexibility index (Phi) is 4.86. The van der Waals surface area contributed by atoms with Crippen molar-refractivity contribution >= 4 is 22.7 Å². The van der Waals surface area contributed by atoms with E-state index in [2.05, 4.69) is 28.6 Å². The highest BCUT2D eigenvalue weighted by molar-refractivity contribution is 5.95. The Morgan fingerprint density at radius 2 is 1.93 bits per heavy atom. The summed E-state index contributed by atoms with van der Waals surface area (Å²) in [6.45, 7) is 3.40. The second kappa shape index (κ2) is 7.46. The Balaban J connectivity index is 1.45. The van der Waals surface area contributed by atoms with Gasteiger partial charge in [-0.1, -0.05) is 25.1 Å². The smallest absolute Gasteiger partial charge is 0.251 e. The molecule has 0 radical (unpaired) electrons. The average Bonchev–Trinajstić information content (AvgIpc) is 3.24. The molecule has 28 heavy (non-hydrogen) atoms. The number of nitrogens with zero attached hydrogens (tertiary/aromatic N) is 3. The molecular formula is C22H24N4O2. The highest BCUT2D eigenvalue weighted by atomic mass is 16.2. The first-order valence-corrected chi connectivity index (χ1v) is 9.66. The van der Waals surface area contributed by atoms with Crippen LogP contribution in [0.4, 0.5) is 0 Å². The Morgan fingerprint density at radius 3 is 2.68 bits per heavy atom. The molecule has 1 saturated heterocycles. The molecule has 0 unspecified atom stereocenters. The number of aromatic nitrogens is 2. The van der Waals surface area contributed by atoms with Crippen molar-refractivity contribution in [2.45, 2.75) is 25.8 Å². The predicted octanol–water partition coefficient (Wildman–Crippen LogP) is 2.98. The van der Waals surface area contributed by atoms with Gasteiger partial charge in [0.25, 0.3) is 5.91 Å². The molecule has 4 rings (SSSR count). The minimum absolute atomic E-state index is 0.112. The molecule has 2 heterocycles. The summed E-state index contributed by atoms with van der Waals surface area (Å²) in [5.74, 6) is -0.0151. The third kappa shape index (κ3) is 3.50. The fraction of sp³-hybridized carbons (Fsp3) is 0.318. The zero-order valence-corrected chi connectivity index (χ0v) is 16.2. The van der Waals surface area contributed by atoms with Crippen LogP contribution >= 0.6 is 0 Å². The maximum Gasteiger partial charge on any atom is 0.251 e. The van der Waals surface area contributed by atoms with Crippen molar-refractivity contribution in [3.05, 3.63) is 54.2 Å². The monoisotopic (exact) mass is 376 g/mol. The molecule has 0 aliphatic carbocycles. The molecule has 2 aromatic carbocycles. The molecule has 144 valence electrons. The van der Waals surface area contributed by atoms with Gasteiger partial charge in [0.1, 0.15) is 0 Å². The van der Waals surface area contributed by atoms with Gasteiger partial charge in [0.2, 0.25) is 5.91 Å². The molecular weight excluding hydrogens is 352 g/mol. The highest BCUT2D eigenvalue weighted by Crippen LogP contribution is 2.24. The topological polar surface area (TPSA) is 67.2 Å². The second-order valence-electron chi connectivity index (χ2n) is 7.33. The molecule has 6 nitrogen and oxygen atoms in total. The first kappa shape index (κ1) is 18.2. The number of amides is 2. The normalized spacial score (nSPS) is 16.7. The minimum Gasteiger partial charge on any atom is -0.347 e. The summed E-state index contributed by atoms with van der Waals surface area (Å²) in [5.41, 5.74) is 3.83. The third-order valence-corrected chi connectivity index (χ3v) is 5.27. The molecule has 1 aliphatic heterocycles. The number of hydrogen-bond acceptors (Lipinski definition) is 3. The van der Waals surface area contributed by atoms with E-state index in [1.54, 1.807) is 0 Å². The zero-order valence-electron chi connectivity index (χ0n) is 16.2. The summed E-state index contributed by atoms with van der Waals surface area (Å²) < 4.78 is 1.85. The fourth-order valence-corrected chi connectivity index (χ4v) is 3.78. The molecule has 3 aromatic rings. The molecule has 1 atom stereocenters. The van der Waals surface area contributed by atoms with E-state index in [9.17, 15) is 9.59 Å². The van der Waals surface area contributed by atoms with Crippen LogP contribution in [0.15, 0.2) is 48.7 Å². The quantitative estimate of drug-likeness (QED) is 0.744. The van der Waals surface area contributed by atoms with Gasteiger partial charge in [-0.05, 0) is 41.8 Å². The average molecular weight is 376 g/mol. The predicted molar refractivity (Wildman–Crippen MR) is 109 cm³/mol. The first-order valence-electron chi connectivity index (χ1n) is 9.66. The van der Waals surface area contributed by atoms with Gasteiger partial charge in [0.05, 0.1) is 17.8 Å². The molecule has 1 aromatic heterocycles. The van der Waals surface area contributed by atoms with Gasteiger partial charge in [-0.25, -0.2) is 0 Å². The first-order chi connectivity index (χ1) is 13.5. The lowest BCUT2D eigenvalue weighted by Gasteiger charge is -2.16. The van der Waals surface area contributed by atoms with Gasteiger partial charge < -0.3 is 10.2 Å². The van der Waals surface area contributed by atoms with Crippen molar-refractivity contribution in [2.24, 2.45) is 7.05 Å². The van der Waals surface area contributed by atoms with E-state index in [1.807, 2.05) is 54.0 Å². The van der Waals surface area contributed by atoms with E-state index in [-0.39, 0.29) is 17.9 Å². The maximum atomic E-state index is 12.5. The van der Waals surface area contributed by atoms with Crippen molar-refractivity contribution in [2.75, 3.05) is 13.1 Å². The van der Waals surface area contributed by atoms with E-state index in [4.69, 9.17) is 0 Å². The summed E-state index contributed by atoms with van der Waals surface area (Å²) in [6.07, 6.45) is 3.17. The van der Waals surface area contributed by atoms with Crippen molar-refractivity contribution < 1.29 is 9.59 Å². The third-order valence-electron chi connectivity index (χ3n) is 5.27. The Hall–Kier alpha value is -3.15. The number of likely N-dealkylation sites (tertiary alicyclic amines) is 1. The lowest BCUT2D eigenvalue weighted by Crippen LogP contribution is -2.37. The molecule has 2 amide bonds. The van der Waals surface area contributed by atoms with Gasteiger partial charge in [0.15, 0.2) is 0 Å². The fourth-order valence-electron chi connectivity index (χ4n) is 3.78. The number of aryl methyl sites for hydroxylation is 1. The van der Waals surface area contributed by atoms with Crippen molar-refractivity contribution in [1.82, 2.24) is 20.0 Å². The molecule has 0 spiro atoms. The van der Waals surface area contributed by atoms with Crippen molar-refractivity contribution in [1.29, 1.82) is 0 Å². The van der Waals surface area contributed by atoms with E-state index < -0.39 is 0 Å². The van der Waals surface area contributed by atoms with E-state index in [1.165, 1.54) is 0 Å². The van der Waals surface area contributed by atoms with Gasteiger partial charge >= 0.3 is 0 Å². The molecule has 0 saturated carbocycles. The Morgan fingerprint density at radius 1 is 1.18 bits per heavy atom. The van der Waals surface area contributed by atoms with Crippen LogP contribution in [-0.4, -0.2) is 45.6 Å². The standard InChI is InChI=1S/C22H24N4O2/c1-3-10-26-14-19(12-21(26)27)24-22(28)16-6-4-15(5-7-16)17-8-9-20-18(11-17)13-23-25(20)2/h4-9,11,13,19H,3,10,12,14H2,1-2H3,(H,24,28)/t19-/m1/s1. The van der Waals surface area contributed by atoms with Crippen LogP contribution in [0, 0.1) is 0 Å². The SMILES string of the molecule is CCCN1C[C@H](NC(=O)c2ccc(-c3ccc4c(cnn4C)c3)cc2)CC1=O. The van der Waals surface area contributed by atoms with Crippen LogP contribution in [0.2, 0.25) is 0 Å². The number of carbonyl (C=O) groups is 2. The minimum atomic E-state index is -0.134. The lowest BCUT2D eigenvalue weighted by atomic mass is 10.0. The van der Waals surface area contributed by atoms with Crippen LogP contribution in [0.3, 0.4) is 0 Å². The van der Waals surface area contributed by atoms with Gasteiger partial charge in [-0.15, -0.1) is 0 Å². The molecule has 1 N–H and O–H groups in total. The summed E-state index contributed by atoms with van der Waals surface area (Å²) in [7, 11) is 1.93. The summed E-state index contributed by atoms with van der Waals surface area (Å²) in [5, 5.41) is 8.35. The number of carbonyl (C=O) groups excluding carboxylic acids is 2.